The van der Waals surface area contributed by atoms with E-state index in [1.807, 2.05) is 23.7 Å². The minimum atomic E-state index is 0.0915. The van der Waals surface area contributed by atoms with Crippen LogP contribution in [0.25, 0.3) is 0 Å². The van der Waals surface area contributed by atoms with E-state index in [1.165, 1.54) is 0 Å². The molecule has 1 N–H and O–H groups in total. The normalized spacial score (nSPS) is 15.5. The lowest BCUT2D eigenvalue weighted by molar-refractivity contribution is -0.121. The molecule has 2 heterocycles. The molecule has 0 unspecified atom stereocenters. The highest BCUT2D eigenvalue weighted by Gasteiger charge is 2.21. The van der Waals surface area contributed by atoms with Crippen LogP contribution in [0, 0.1) is 0 Å². The molecule has 1 aromatic heterocycles. The van der Waals surface area contributed by atoms with Crippen molar-refractivity contribution in [3.63, 3.8) is 0 Å². The molecule has 2 aromatic rings. The number of hydrogen-bond acceptors (Lipinski definition) is 4. The number of carbonyl (C=O) groups excluding carboxylic acids is 1. The summed E-state index contributed by atoms with van der Waals surface area (Å²) < 4.78 is 0. The minimum absolute atomic E-state index is 0.0915. The van der Waals surface area contributed by atoms with E-state index in [2.05, 4.69) is 15.2 Å². The molecule has 24 heavy (non-hydrogen) atoms. The molecule has 0 spiro atoms. The van der Waals surface area contributed by atoms with Gasteiger partial charge >= 0.3 is 0 Å². The molecule has 4 nitrogen and oxygen atoms in total. The second-order valence-corrected chi connectivity index (χ2v) is 7.58. The van der Waals surface area contributed by atoms with E-state index in [0.29, 0.717) is 22.9 Å². The van der Waals surface area contributed by atoms with Gasteiger partial charge in [0.1, 0.15) is 0 Å². The molecular weight excluding hydrogens is 365 g/mol. The molecule has 0 bridgehead atoms. The summed E-state index contributed by atoms with van der Waals surface area (Å²) in [6, 6.07) is 5.76. The van der Waals surface area contributed by atoms with Crippen molar-refractivity contribution in [1.29, 1.82) is 0 Å². The van der Waals surface area contributed by atoms with Gasteiger partial charge in [0, 0.05) is 37.1 Å². The average Bonchev–Trinajstić information content (AvgIpc) is 3.11. The maximum Gasteiger partial charge on any atom is 0.220 e. The first-order valence-corrected chi connectivity index (χ1v) is 9.63. The highest BCUT2D eigenvalue weighted by atomic mass is 35.5. The largest absolute Gasteiger partial charge is 0.353 e. The molecule has 0 radical (unpaired) electrons. The number of carbonyl (C=O) groups is 1. The summed E-state index contributed by atoms with van der Waals surface area (Å²) in [6.45, 7) is 1.87. The Kier molecular flexibility index (Phi) is 5.98. The van der Waals surface area contributed by atoms with Crippen LogP contribution in [0.1, 0.15) is 24.8 Å². The van der Waals surface area contributed by atoms with Gasteiger partial charge in [0.25, 0.3) is 0 Å². The average molecular weight is 384 g/mol. The topological polar surface area (TPSA) is 45.2 Å². The van der Waals surface area contributed by atoms with Crippen LogP contribution in [0.3, 0.4) is 0 Å². The van der Waals surface area contributed by atoms with Crippen molar-refractivity contribution in [2.45, 2.75) is 31.7 Å². The Labute approximate surface area is 155 Å². The first kappa shape index (κ1) is 17.5. The molecular formula is C17H19Cl2N3OS. The van der Waals surface area contributed by atoms with Crippen molar-refractivity contribution in [1.82, 2.24) is 10.3 Å². The zero-order valence-electron chi connectivity index (χ0n) is 13.2. The number of rotatable bonds is 5. The molecule has 1 aromatic carbocycles. The van der Waals surface area contributed by atoms with E-state index in [4.69, 9.17) is 23.2 Å². The molecule has 0 atom stereocenters. The summed E-state index contributed by atoms with van der Waals surface area (Å²) in [4.78, 5) is 18.8. The zero-order chi connectivity index (χ0) is 16.9. The summed E-state index contributed by atoms with van der Waals surface area (Å²) in [6.07, 6.45) is 4.87. The van der Waals surface area contributed by atoms with Gasteiger partial charge in [-0.2, -0.15) is 0 Å². The van der Waals surface area contributed by atoms with Crippen molar-refractivity contribution in [3.05, 3.63) is 45.4 Å². The number of nitrogens with one attached hydrogen (secondary N) is 1. The summed E-state index contributed by atoms with van der Waals surface area (Å²) in [7, 11) is 0. The second kappa shape index (κ2) is 8.19. The van der Waals surface area contributed by atoms with Crippen LogP contribution < -0.4 is 10.2 Å². The van der Waals surface area contributed by atoms with E-state index < -0.39 is 0 Å². The Morgan fingerprint density at radius 2 is 2.08 bits per heavy atom. The number of piperidine rings is 1. The third kappa shape index (κ3) is 4.62. The van der Waals surface area contributed by atoms with Crippen molar-refractivity contribution in [3.8, 4) is 0 Å². The lowest BCUT2D eigenvalue weighted by Crippen LogP contribution is -2.44. The van der Waals surface area contributed by atoms with Crippen LogP contribution >= 0.6 is 34.5 Å². The fourth-order valence-electron chi connectivity index (χ4n) is 2.84. The smallest absolute Gasteiger partial charge is 0.220 e. The minimum Gasteiger partial charge on any atom is -0.353 e. The van der Waals surface area contributed by atoms with Crippen molar-refractivity contribution >= 4 is 45.6 Å². The molecule has 1 saturated heterocycles. The van der Waals surface area contributed by atoms with Gasteiger partial charge < -0.3 is 10.2 Å². The maximum atomic E-state index is 12.2. The molecule has 1 amide bonds. The Bertz CT molecular complexity index is 685. The number of benzene rings is 1. The number of amides is 1. The SMILES string of the molecule is O=C(CCc1ccc(Cl)c(Cl)c1)NC1CCN(c2nccs2)CC1. The number of nitrogens with zero attached hydrogens (tertiary/aromatic N) is 2. The summed E-state index contributed by atoms with van der Waals surface area (Å²) in [5.41, 5.74) is 1.03. The maximum absolute atomic E-state index is 12.2. The van der Waals surface area contributed by atoms with E-state index in [-0.39, 0.29) is 11.9 Å². The Morgan fingerprint density at radius 1 is 1.29 bits per heavy atom. The predicted octanol–water partition coefficient (Wildman–Crippen LogP) is 4.17. The summed E-state index contributed by atoms with van der Waals surface area (Å²) in [5.74, 6) is 0.0915. The first-order valence-electron chi connectivity index (χ1n) is 7.99. The van der Waals surface area contributed by atoms with E-state index in [0.717, 1.165) is 36.6 Å². The van der Waals surface area contributed by atoms with Gasteiger partial charge in [0.15, 0.2) is 5.13 Å². The summed E-state index contributed by atoms with van der Waals surface area (Å²) in [5, 5.41) is 7.27. The number of hydrogen-bond donors (Lipinski definition) is 1. The van der Waals surface area contributed by atoms with Crippen LogP contribution in [-0.4, -0.2) is 30.0 Å². The first-order chi connectivity index (χ1) is 11.6. The quantitative estimate of drug-likeness (QED) is 0.842. The standard InChI is InChI=1S/C17H19Cl2N3OS/c18-14-3-1-12(11-15(14)19)2-4-16(23)21-13-5-8-22(9-6-13)17-20-7-10-24-17/h1,3,7,10-11,13H,2,4-6,8-9H2,(H,21,23). The Hall–Kier alpha value is -1.30. The molecule has 0 saturated carbocycles. The van der Waals surface area contributed by atoms with Crippen LogP contribution in [0.15, 0.2) is 29.8 Å². The lowest BCUT2D eigenvalue weighted by atomic mass is 10.0. The molecule has 0 aliphatic carbocycles. The third-order valence-electron chi connectivity index (χ3n) is 4.17. The predicted molar refractivity (Wildman–Crippen MR) is 100 cm³/mol. The fraction of sp³-hybridized carbons (Fsp3) is 0.412. The molecule has 128 valence electrons. The highest BCUT2D eigenvalue weighted by Crippen LogP contribution is 2.24. The van der Waals surface area contributed by atoms with Gasteiger partial charge in [-0.15, -0.1) is 11.3 Å². The van der Waals surface area contributed by atoms with Crippen molar-refractivity contribution < 1.29 is 4.79 Å². The molecule has 3 rings (SSSR count). The number of thiazole rings is 1. The zero-order valence-corrected chi connectivity index (χ0v) is 15.5. The molecule has 1 aliphatic heterocycles. The van der Waals surface area contributed by atoms with Gasteiger partial charge in [-0.1, -0.05) is 29.3 Å². The van der Waals surface area contributed by atoms with E-state index >= 15 is 0 Å². The number of aryl methyl sites for hydroxylation is 1. The van der Waals surface area contributed by atoms with Gasteiger partial charge in [0.05, 0.1) is 10.0 Å². The Balaban J connectivity index is 1.42. The Morgan fingerprint density at radius 3 is 2.75 bits per heavy atom. The van der Waals surface area contributed by atoms with Gasteiger partial charge in [-0.25, -0.2) is 4.98 Å². The van der Waals surface area contributed by atoms with Gasteiger partial charge in [-0.3, -0.25) is 4.79 Å². The number of anilines is 1. The van der Waals surface area contributed by atoms with E-state index in [9.17, 15) is 4.79 Å². The molecule has 1 aliphatic rings. The van der Waals surface area contributed by atoms with Crippen molar-refractivity contribution in [2.75, 3.05) is 18.0 Å². The highest BCUT2D eigenvalue weighted by molar-refractivity contribution is 7.13. The summed E-state index contributed by atoms with van der Waals surface area (Å²) >= 11 is 13.6. The number of halogens is 2. The van der Waals surface area contributed by atoms with E-state index in [1.54, 1.807) is 17.4 Å². The molecule has 1 fully saturated rings. The number of aromatic nitrogens is 1. The fourth-order valence-corrected chi connectivity index (χ4v) is 3.86. The van der Waals surface area contributed by atoms with Crippen LogP contribution in [0.2, 0.25) is 10.0 Å². The second-order valence-electron chi connectivity index (χ2n) is 5.89. The lowest BCUT2D eigenvalue weighted by Gasteiger charge is -2.32. The van der Waals surface area contributed by atoms with Gasteiger partial charge in [-0.05, 0) is 37.0 Å². The molecule has 7 heteroatoms. The van der Waals surface area contributed by atoms with Crippen LogP contribution in [0.5, 0.6) is 0 Å². The van der Waals surface area contributed by atoms with Crippen LogP contribution in [-0.2, 0) is 11.2 Å². The monoisotopic (exact) mass is 383 g/mol. The van der Waals surface area contributed by atoms with Gasteiger partial charge in [0.2, 0.25) is 5.91 Å². The van der Waals surface area contributed by atoms with Crippen molar-refractivity contribution in [2.24, 2.45) is 0 Å². The third-order valence-corrected chi connectivity index (χ3v) is 5.75. The van der Waals surface area contributed by atoms with Crippen LogP contribution in [0.4, 0.5) is 5.13 Å².